The van der Waals surface area contributed by atoms with Gasteiger partial charge in [-0.3, -0.25) is 19.4 Å². The summed E-state index contributed by atoms with van der Waals surface area (Å²) in [6.07, 6.45) is 2.19. The number of H-pyrrole nitrogens is 1. The highest BCUT2D eigenvalue weighted by molar-refractivity contribution is 6.08. The highest BCUT2D eigenvalue weighted by Gasteiger charge is 2.41. The topological polar surface area (TPSA) is 130 Å². The Labute approximate surface area is 238 Å². The molecule has 10 nitrogen and oxygen atoms in total. The maximum absolute atomic E-state index is 13.3. The molecule has 1 fully saturated rings. The van der Waals surface area contributed by atoms with Crippen molar-refractivity contribution in [2.75, 3.05) is 13.1 Å². The van der Waals surface area contributed by atoms with E-state index >= 15 is 0 Å². The molecule has 42 heavy (non-hydrogen) atoms. The zero-order chi connectivity index (χ0) is 29.4. The van der Waals surface area contributed by atoms with Gasteiger partial charge in [0.1, 0.15) is 17.2 Å². The van der Waals surface area contributed by atoms with E-state index in [1.807, 2.05) is 30.3 Å². The van der Waals surface area contributed by atoms with Gasteiger partial charge in [0, 0.05) is 58.3 Å². The van der Waals surface area contributed by atoms with E-state index in [1.54, 1.807) is 43.6 Å². The lowest BCUT2D eigenvalue weighted by Gasteiger charge is -2.25. The van der Waals surface area contributed by atoms with E-state index in [-0.39, 0.29) is 13.0 Å². The minimum Gasteiger partial charge on any atom is -0.456 e. The largest absolute Gasteiger partial charge is 0.456 e. The van der Waals surface area contributed by atoms with Crippen LogP contribution in [0.2, 0.25) is 0 Å². The van der Waals surface area contributed by atoms with Crippen molar-refractivity contribution in [3.05, 3.63) is 78.2 Å². The van der Waals surface area contributed by atoms with Gasteiger partial charge < -0.3 is 29.7 Å². The van der Waals surface area contributed by atoms with Crippen LogP contribution in [0.25, 0.3) is 32.8 Å². The summed E-state index contributed by atoms with van der Waals surface area (Å²) in [7, 11) is 0. The van der Waals surface area contributed by atoms with Crippen molar-refractivity contribution in [3.8, 4) is 0 Å². The Morgan fingerprint density at radius 3 is 2.74 bits per heavy atom. The molecule has 4 heterocycles. The number of ether oxygens (including phenoxy) is 1. The van der Waals surface area contributed by atoms with E-state index in [0.29, 0.717) is 16.7 Å². The van der Waals surface area contributed by atoms with E-state index in [9.17, 15) is 23.2 Å². The first kappa shape index (κ1) is 27.3. The van der Waals surface area contributed by atoms with Crippen LogP contribution in [0.15, 0.2) is 71.4 Å². The van der Waals surface area contributed by atoms with Crippen molar-refractivity contribution in [2.24, 2.45) is 0 Å². The molecular weight excluding hydrogens is 548 g/mol. The number of nitrogens with zero attached hydrogens (tertiary/aromatic N) is 2. The standard InChI is InChI=1S/C30H27F2N5O5/c1-16(23-11-18-13-33-9-8-22(18)36-23)35-29(40)24-12-19(41-30(31)32)15-37(24)27(38)14-34-28(39)17-6-7-26-21(10-17)20-4-2-3-5-25(20)42-26/h2-11,13,16,19,24,30,36H,12,14-15H2,1H3,(H,34,39)(H,35,40)/t16-,19-,24+/m1/s1. The average molecular weight is 576 g/mol. The van der Waals surface area contributed by atoms with Gasteiger partial charge >= 0.3 is 6.61 Å². The molecule has 0 aliphatic carbocycles. The van der Waals surface area contributed by atoms with Crippen LogP contribution in [0.5, 0.6) is 0 Å². The zero-order valence-electron chi connectivity index (χ0n) is 22.5. The molecule has 3 atom stereocenters. The average Bonchev–Trinajstić information content (AvgIpc) is 3.70. The number of rotatable bonds is 8. The highest BCUT2D eigenvalue weighted by atomic mass is 19.3. The maximum Gasteiger partial charge on any atom is 0.345 e. The molecule has 12 heteroatoms. The second-order valence-electron chi connectivity index (χ2n) is 10.2. The molecule has 3 amide bonds. The van der Waals surface area contributed by atoms with Gasteiger partial charge in [0.2, 0.25) is 11.8 Å². The smallest absolute Gasteiger partial charge is 0.345 e. The van der Waals surface area contributed by atoms with E-state index in [1.165, 1.54) is 4.90 Å². The molecule has 0 bridgehead atoms. The van der Waals surface area contributed by atoms with Gasteiger partial charge in [-0.1, -0.05) is 18.2 Å². The number of aromatic nitrogens is 2. The Bertz CT molecular complexity index is 1770. The third-order valence-corrected chi connectivity index (χ3v) is 7.49. The molecule has 5 aromatic rings. The normalized spacial score (nSPS) is 17.8. The Morgan fingerprint density at radius 1 is 1.12 bits per heavy atom. The molecule has 3 aromatic heterocycles. The zero-order valence-corrected chi connectivity index (χ0v) is 22.5. The molecule has 0 unspecified atom stereocenters. The fourth-order valence-corrected chi connectivity index (χ4v) is 5.41. The number of alkyl halides is 2. The minimum atomic E-state index is -3.05. The SMILES string of the molecule is C[C@@H](NC(=O)[C@@H]1C[C@@H](OC(F)F)CN1C(=O)CNC(=O)c1ccc2oc3ccccc3c2c1)c1cc2cnccc2[nH]1. The van der Waals surface area contributed by atoms with Crippen LogP contribution in [-0.2, 0) is 14.3 Å². The van der Waals surface area contributed by atoms with Gasteiger partial charge in [0.15, 0.2) is 0 Å². The summed E-state index contributed by atoms with van der Waals surface area (Å²) in [5.74, 6) is -1.61. The highest BCUT2D eigenvalue weighted by Crippen LogP contribution is 2.29. The molecular formula is C30H27F2N5O5. The first-order chi connectivity index (χ1) is 20.3. The number of carbonyl (C=O) groups excluding carboxylic acids is 3. The van der Waals surface area contributed by atoms with Crippen molar-refractivity contribution < 1.29 is 32.3 Å². The molecule has 0 spiro atoms. The van der Waals surface area contributed by atoms with E-state index in [0.717, 1.165) is 27.4 Å². The Hall–Kier alpha value is -4.84. The number of carbonyl (C=O) groups is 3. The van der Waals surface area contributed by atoms with Crippen LogP contribution in [0.3, 0.4) is 0 Å². The predicted octanol–water partition coefficient (Wildman–Crippen LogP) is 4.28. The lowest BCUT2D eigenvalue weighted by atomic mass is 10.1. The van der Waals surface area contributed by atoms with Gasteiger partial charge in [-0.2, -0.15) is 8.78 Å². The summed E-state index contributed by atoms with van der Waals surface area (Å²) in [5, 5.41) is 7.92. The summed E-state index contributed by atoms with van der Waals surface area (Å²) in [5.41, 5.74) is 3.20. The first-order valence-electron chi connectivity index (χ1n) is 13.4. The summed E-state index contributed by atoms with van der Waals surface area (Å²) >= 11 is 0. The number of aromatic amines is 1. The van der Waals surface area contributed by atoms with Crippen molar-refractivity contribution in [3.63, 3.8) is 0 Å². The van der Waals surface area contributed by atoms with Crippen LogP contribution in [-0.4, -0.2) is 64.4 Å². The predicted molar refractivity (Wildman–Crippen MR) is 150 cm³/mol. The number of nitrogens with one attached hydrogen (secondary N) is 3. The number of hydrogen-bond donors (Lipinski definition) is 3. The first-order valence-corrected chi connectivity index (χ1v) is 13.4. The Morgan fingerprint density at radius 2 is 1.93 bits per heavy atom. The number of likely N-dealkylation sites (tertiary alicyclic amines) is 1. The number of para-hydroxylation sites is 1. The monoisotopic (exact) mass is 575 g/mol. The lowest BCUT2D eigenvalue weighted by Crippen LogP contribution is -2.49. The number of halogens is 2. The summed E-state index contributed by atoms with van der Waals surface area (Å²) < 4.78 is 36.5. The summed E-state index contributed by atoms with van der Waals surface area (Å²) in [4.78, 5) is 47.9. The number of fused-ring (bicyclic) bond motifs is 4. The van der Waals surface area contributed by atoms with Crippen molar-refractivity contribution in [2.45, 2.75) is 38.1 Å². The second kappa shape index (κ2) is 11.2. The number of furan rings is 1. The minimum absolute atomic E-state index is 0.108. The van der Waals surface area contributed by atoms with Gasteiger partial charge in [-0.05, 0) is 43.3 Å². The number of pyridine rings is 1. The van der Waals surface area contributed by atoms with Crippen LogP contribution in [0, 0.1) is 0 Å². The fraction of sp³-hybridized carbons (Fsp3) is 0.267. The molecule has 0 saturated carbocycles. The van der Waals surface area contributed by atoms with Crippen molar-refractivity contribution in [1.82, 2.24) is 25.5 Å². The molecule has 0 radical (unpaired) electrons. The molecule has 216 valence electrons. The molecule has 3 N–H and O–H groups in total. The fourth-order valence-electron chi connectivity index (χ4n) is 5.41. The maximum atomic E-state index is 13.3. The van der Waals surface area contributed by atoms with E-state index in [2.05, 4.69) is 25.3 Å². The van der Waals surface area contributed by atoms with Crippen molar-refractivity contribution in [1.29, 1.82) is 0 Å². The van der Waals surface area contributed by atoms with Crippen LogP contribution in [0.1, 0.15) is 35.4 Å². The van der Waals surface area contributed by atoms with Gasteiger partial charge in [-0.15, -0.1) is 0 Å². The third kappa shape index (κ3) is 5.40. The summed E-state index contributed by atoms with van der Waals surface area (Å²) in [6, 6.07) is 14.5. The van der Waals surface area contributed by atoms with Gasteiger partial charge in [-0.25, -0.2) is 0 Å². The number of amides is 3. The second-order valence-corrected chi connectivity index (χ2v) is 10.2. The number of benzene rings is 2. The number of hydrogen-bond acceptors (Lipinski definition) is 6. The quantitative estimate of drug-likeness (QED) is 0.253. The van der Waals surface area contributed by atoms with Crippen LogP contribution >= 0.6 is 0 Å². The molecule has 1 saturated heterocycles. The third-order valence-electron chi connectivity index (χ3n) is 7.49. The van der Waals surface area contributed by atoms with Crippen molar-refractivity contribution >= 4 is 50.6 Å². The Kier molecular flexibility index (Phi) is 7.29. The lowest BCUT2D eigenvalue weighted by molar-refractivity contribution is -0.160. The molecule has 6 rings (SSSR count). The van der Waals surface area contributed by atoms with Gasteiger partial charge in [0.25, 0.3) is 5.91 Å². The van der Waals surface area contributed by atoms with Crippen LogP contribution in [0.4, 0.5) is 8.78 Å². The van der Waals surface area contributed by atoms with Crippen LogP contribution < -0.4 is 10.6 Å². The molecule has 2 aromatic carbocycles. The molecule has 1 aliphatic rings. The summed E-state index contributed by atoms with van der Waals surface area (Å²) in [6.45, 7) is -1.93. The van der Waals surface area contributed by atoms with E-state index in [4.69, 9.17) is 4.42 Å². The molecule has 1 aliphatic heterocycles. The van der Waals surface area contributed by atoms with E-state index < -0.39 is 49.1 Å². The van der Waals surface area contributed by atoms with Gasteiger partial charge in [0.05, 0.1) is 18.7 Å². The Balaban J connectivity index is 1.14.